The largest absolute Gasteiger partial charge is 1.00 e. The van der Waals surface area contributed by atoms with Crippen LogP contribution in [0, 0.1) is 5.92 Å². The zero-order valence-corrected chi connectivity index (χ0v) is 13.2. The monoisotopic (exact) mass is 251 g/mol. The molecule has 2 N–H and O–H groups in total. The summed E-state index contributed by atoms with van der Waals surface area (Å²) in [6.45, 7) is 3.94. The Bertz CT molecular complexity index is 244. The fourth-order valence-electron chi connectivity index (χ4n) is 2.29. The van der Waals surface area contributed by atoms with E-state index >= 15 is 0 Å². The van der Waals surface area contributed by atoms with E-state index in [9.17, 15) is 15.0 Å². The van der Waals surface area contributed by atoms with Crippen molar-refractivity contribution in [1.29, 1.82) is 0 Å². The van der Waals surface area contributed by atoms with Crippen molar-refractivity contribution in [3.63, 3.8) is 0 Å². The number of aliphatic hydroxyl groups excluding tert-OH is 1. The summed E-state index contributed by atoms with van der Waals surface area (Å²) in [6, 6.07) is -0.0594. The van der Waals surface area contributed by atoms with Gasteiger partial charge in [-0.25, -0.2) is 0 Å². The van der Waals surface area contributed by atoms with E-state index in [2.05, 4.69) is 5.32 Å². The summed E-state index contributed by atoms with van der Waals surface area (Å²) in [6.07, 6.45) is 4.32. The van der Waals surface area contributed by atoms with Crippen LogP contribution in [0.4, 0.5) is 0 Å². The first-order valence-electron chi connectivity index (χ1n) is 6.12. The van der Waals surface area contributed by atoms with Crippen LogP contribution in [-0.2, 0) is 4.79 Å². The van der Waals surface area contributed by atoms with Gasteiger partial charge in [0.15, 0.2) is 0 Å². The third kappa shape index (κ3) is 4.87. The average Bonchev–Trinajstić information content (AvgIpc) is 2.29. The number of carbonyl (C=O) groups is 1. The third-order valence-electron chi connectivity index (χ3n) is 3.73. The van der Waals surface area contributed by atoms with E-state index in [0.717, 1.165) is 25.7 Å². The number of carbonyl (C=O) groups excluding carboxylic acids is 1. The van der Waals surface area contributed by atoms with E-state index in [1.807, 2.05) is 13.8 Å². The molecule has 0 aromatic heterocycles. The molecule has 1 aliphatic rings. The number of nitrogens with one attached hydrogen (secondary N) is 1. The third-order valence-corrected chi connectivity index (χ3v) is 3.73. The summed E-state index contributed by atoms with van der Waals surface area (Å²) in [5, 5.41) is 23.6. The maximum Gasteiger partial charge on any atom is 1.00 e. The molecule has 0 amide bonds. The standard InChI is InChI=1S/C12H23NO3.Na/c1-3-12(2,8-14)13-10-7-5-4-6-9(10)11(15)16;/h9-10,13-14H,3-8H2,1-2H3,(H,15,16);/q;+1/p-1. The Hall–Kier alpha value is 0.390. The average molecular weight is 251 g/mol. The molecule has 0 saturated heterocycles. The minimum atomic E-state index is -0.964. The summed E-state index contributed by atoms with van der Waals surface area (Å²) >= 11 is 0. The second-order valence-corrected chi connectivity index (χ2v) is 5.03. The number of carboxylic acids is 1. The molecule has 1 saturated carbocycles. The smallest absolute Gasteiger partial charge is 0.550 e. The molecule has 94 valence electrons. The molecular weight excluding hydrogens is 229 g/mol. The fourth-order valence-corrected chi connectivity index (χ4v) is 2.29. The van der Waals surface area contributed by atoms with Crippen LogP contribution in [0.15, 0.2) is 0 Å². The molecule has 0 aromatic carbocycles. The zero-order valence-electron chi connectivity index (χ0n) is 11.2. The predicted octanol–water partition coefficient (Wildman–Crippen LogP) is -2.95. The van der Waals surface area contributed by atoms with Gasteiger partial charge in [0, 0.05) is 23.5 Å². The molecule has 0 heterocycles. The molecule has 0 bridgehead atoms. The van der Waals surface area contributed by atoms with Crippen molar-refractivity contribution in [3.05, 3.63) is 0 Å². The van der Waals surface area contributed by atoms with E-state index < -0.39 is 11.9 Å². The first kappa shape index (κ1) is 17.4. The number of aliphatic hydroxyl groups is 1. The van der Waals surface area contributed by atoms with Crippen LogP contribution in [0.1, 0.15) is 46.0 Å². The fraction of sp³-hybridized carbons (Fsp3) is 0.917. The topological polar surface area (TPSA) is 72.4 Å². The van der Waals surface area contributed by atoms with Crippen molar-refractivity contribution in [3.8, 4) is 0 Å². The molecule has 0 aliphatic heterocycles. The van der Waals surface area contributed by atoms with Crippen molar-refractivity contribution < 1.29 is 44.6 Å². The molecular formula is C12H22NNaO3. The summed E-state index contributed by atoms with van der Waals surface area (Å²) in [4.78, 5) is 11.0. The quantitative estimate of drug-likeness (QED) is 0.513. The molecule has 1 aliphatic carbocycles. The zero-order chi connectivity index (χ0) is 12.2. The molecule has 0 aromatic rings. The molecule has 17 heavy (non-hydrogen) atoms. The van der Waals surface area contributed by atoms with Crippen LogP contribution in [0.25, 0.3) is 0 Å². The summed E-state index contributed by atoms with van der Waals surface area (Å²) < 4.78 is 0. The molecule has 0 spiro atoms. The first-order chi connectivity index (χ1) is 7.52. The van der Waals surface area contributed by atoms with E-state index in [4.69, 9.17) is 0 Å². The second kappa shape index (κ2) is 7.74. The minimum absolute atomic E-state index is 0. The molecule has 5 heteroatoms. The SMILES string of the molecule is CCC(C)(CO)NC1CCCCC1C(=O)[O-].[Na+]. The predicted molar refractivity (Wildman–Crippen MR) is 59.7 cm³/mol. The van der Waals surface area contributed by atoms with Crippen molar-refractivity contribution in [2.45, 2.75) is 57.5 Å². The Morgan fingerprint density at radius 2 is 2.06 bits per heavy atom. The van der Waals surface area contributed by atoms with Gasteiger partial charge in [-0.2, -0.15) is 0 Å². The first-order valence-corrected chi connectivity index (χ1v) is 6.12. The number of carboxylic acid groups (broad SMARTS) is 1. The van der Waals surface area contributed by atoms with E-state index in [1.54, 1.807) is 0 Å². The van der Waals surface area contributed by atoms with Crippen molar-refractivity contribution in [2.75, 3.05) is 6.61 Å². The van der Waals surface area contributed by atoms with Gasteiger partial charge in [-0.15, -0.1) is 0 Å². The molecule has 0 radical (unpaired) electrons. The van der Waals surface area contributed by atoms with Crippen molar-refractivity contribution in [2.24, 2.45) is 5.92 Å². The maximum atomic E-state index is 11.0. The summed E-state index contributed by atoms with van der Waals surface area (Å²) in [7, 11) is 0. The molecule has 1 rings (SSSR count). The normalized spacial score (nSPS) is 27.9. The molecule has 3 atom stereocenters. The van der Waals surface area contributed by atoms with Crippen LogP contribution in [0.2, 0.25) is 0 Å². The Morgan fingerprint density at radius 3 is 2.53 bits per heavy atom. The Morgan fingerprint density at radius 1 is 1.47 bits per heavy atom. The van der Waals surface area contributed by atoms with E-state index in [0.29, 0.717) is 6.42 Å². The second-order valence-electron chi connectivity index (χ2n) is 5.03. The molecule has 4 nitrogen and oxygen atoms in total. The Kier molecular flexibility index (Phi) is 7.92. The van der Waals surface area contributed by atoms with E-state index in [1.165, 1.54) is 0 Å². The van der Waals surface area contributed by atoms with Gasteiger partial charge in [-0.3, -0.25) is 0 Å². The maximum absolute atomic E-state index is 11.0. The molecule has 3 unspecified atom stereocenters. The number of hydrogen-bond acceptors (Lipinski definition) is 4. The van der Waals surface area contributed by atoms with Gasteiger partial charge in [0.1, 0.15) is 0 Å². The Labute approximate surface area is 125 Å². The summed E-state index contributed by atoms with van der Waals surface area (Å²) in [5.41, 5.74) is -0.379. The van der Waals surface area contributed by atoms with Crippen LogP contribution in [0.5, 0.6) is 0 Å². The summed E-state index contributed by atoms with van der Waals surface area (Å²) in [5.74, 6) is -1.38. The van der Waals surface area contributed by atoms with Gasteiger partial charge in [-0.05, 0) is 26.2 Å². The number of rotatable bonds is 5. The van der Waals surface area contributed by atoms with Crippen molar-refractivity contribution >= 4 is 5.97 Å². The van der Waals surface area contributed by atoms with Crippen LogP contribution >= 0.6 is 0 Å². The van der Waals surface area contributed by atoms with Gasteiger partial charge < -0.3 is 20.3 Å². The molecule has 1 fully saturated rings. The van der Waals surface area contributed by atoms with Gasteiger partial charge >= 0.3 is 29.6 Å². The van der Waals surface area contributed by atoms with Gasteiger partial charge in [0.25, 0.3) is 0 Å². The van der Waals surface area contributed by atoms with Crippen LogP contribution in [0.3, 0.4) is 0 Å². The van der Waals surface area contributed by atoms with Crippen LogP contribution < -0.4 is 40.0 Å². The van der Waals surface area contributed by atoms with Crippen molar-refractivity contribution in [1.82, 2.24) is 5.32 Å². The number of aliphatic carboxylic acids is 1. The van der Waals surface area contributed by atoms with E-state index in [-0.39, 0.29) is 47.7 Å². The van der Waals surface area contributed by atoms with Gasteiger partial charge in [0.2, 0.25) is 0 Å². The Balaban J connectivity index is 0.00000256. The minimum Gasteiger partial charge on any atom is -0.550 e. The van der Waals surface area contributed by atoms with Gasteiger partial charge in [0.05, 0.1) is 6.61 Å². The number of hydrogen-bond donors (Lipinski definition) is 2. The van der Waals surface area contributed by atoms with Crippen LogP contribution in [-0.4, -0.2) is 29.3 Å². The van der Waals surface area contributed by atoms with Gasteiger partial charge in [-0.1, -0.05) is 19.8 Å².